The number of halogens is 4. The van der Waals surface area contributed by atoms with E-state index in [0.717, 1.165) is 0 Å². The Bertz CT molecular complexity index is 388. The summed E-state index contributed by atoms with van der Waals surface area (Å²) in [6.45, 7) is 0. The molecule has 1 heterocycles. The van der Waals surface area contributed by atoms with Gasteiger partial charge >= 0.3 is 0 Å². The molecule has 14 heavy (non-hydrogen) atoms. The maximum Gasteiger partial charge on any atom is 0.267 e. The first kappa shape index (κ1) is 11.2. The Morgan fingerprint density at radius 1 is 1.57 bits per heavy atom. The summed E-state index contributed by atoms with van der Waals surface area (Å²) in [5.74, 6) is -0.128. The molecule has 6 heteroatoms. The summed E-state index contributed by atoms with van der Waals surface area (Å²) >= 11 is 10.9. The molecule has 74 valence electrons. The zero-order valence-electron chi connectivity index (χ0n) is 6.77. The topological polar surface area (TPSA) is 36.7 Å². The molecule has 0 aliphatic rings. The van der Waals surface area contributed by atoms with Crippen molar-refractivity contribution in [3.05, 3.63) is 28.0 Å². The number of hydrogen-bond acceptors (Lipinski definition) is 2. The Labute approximate surface area is 89.1 Å². The normalized spacial score (nSPS) is 10.3. The highest BCUT2D eigenvalue weighted by Gasteiger charge is 2.18. The van der Waals surface area contributed by atoms with Crippen LogP contribution in [0.3, 0.4) is 0 Å². The van der Waals surface area contributed by atoms with Gasteiger partial charge in [-0.2, -0.15) is 5.26 Å². The second-order valence-electron chi connectivity index (χ2n) is 2.42. The molecular weight excluding hydrogens is 233 g/mol. The Morgan fingerprint density at radius 2 is 2.21 bits per heavy atom. The van der Waals surface area contributed by atoms with Gasteiger partial charge in [0, 0.05) is 5.88 Å². The van der Waals surface area contributed by atoms with Gasteiger partial charge in [0.1, 0.15) is 16.9 Å². The van der Waals surface area contributed by atoms with E-state index >= 15 is 0 Å². The highest BCUT2D eigenvalue weighted by Crippen LogP contribution is 2.30. The van der Waals surface area contributed by atoms with E-state index in [2.05, 4.69) is 4.98 Å². The van der Waals surface area contributed by atoms with Crippen LogP contribution in [0, 0.1) is 11.3 Å². The predicted octanol–water partition coefficient (Wildman–Crippen LogP) is 3.28. The minimum atomic E-state index is -2.74. The van der Waals surface area contributed by atoms with E-state index in [1.165, 1.54) is 6.07 Å². The monoisotopic (exact) mass is 236 g/mol. The lowest BCUT2D eigenvalue weighted by atomic mass is 10.1. The Hall–Kier alpha value is -0.920. The zero-order chi connectivity index (χ0) is 10.7. The van der Waals surface area contributed by atoms with Crippen LogP contribution in [0.4, 0.5) is 8.78 Å². The van der Waals surface area contributed by atoms with E-state index in [-0.39, 0.29) is 22.3 Å². The van der Waals surface area contributed by atoms with Crippen LogP contribution in [0.25, 0.3) is 0 Å². The fourth-order valence-electron chi connectivity index (χ4n) is 0.972. The van der Waals surface area contributed by atoms with Crippen molar-refractivity contribution in [2.75, 3.05) is 0 Å². The number of nitrogens with zero attached hydrogens (tertiary/aromatic N) is 2. The number of alkyl halides is 3. The van der Waals surface area contributed by atoms with E-state index in [9.17, 15) is 8.78 Å². The summed E-state index contributed by atoms with van der Waals surface area (Å²) in [7, 11) is 0. The molecule has 0 bridgehead atoms. The first-order valence-electron chi connectivity index (χ1n) is 3.53. The van der Waals surface area contributed by atoms with E-state index < -0.39 is 12.0 Å². The molecule has 1 rings (SSSR count). The summed E-state index contributed by atoms with van der Waals surface area (Å²) in [4.78, 5) is 3.49. The van der Waals surface area contributed by atoms with E-state index in [1.807, 2.05) is 0 Å². The predicted molar refractivity (Wildman–Crippen MR) is 48.5 cm³/mol. The van der Waals surface area contributed by atoms with Crippen molar-refractivity contribution in [3.63, 3.8) is 0 Å². The molecular formula is C8H4Cl2F2N2. The smallest absolute Gasteiger partial charge is 0.225 e. The molecule has 1 aromatic rings. The molecule has 0 spiro atoms. The van der Waals surface area contributed by atoms with Crippen LogP contribution in [0.15, 0.2) is 6.07 Å². The molecule has 0 radical (unpaired) electrons. The van der Waals surface area contributed by atoms with Crippen LogP contribution >= 0.6 is 23.2 Å². The third kappa shape index (κ3) is 2.11. The fourth-order valence-corrected chi connectivity index (χ4v) is 1.49. The summed E-state index contributed by atoms with van der Waals surface area (Å²) in [6.07, 6.45) is -2.74. The summed E-state index contributed by atoms with van der Waals surface area (Å²) < 4.78 is 24.9. The fraction of sp³-hybridized carbons (Fsp3) is 0.250. The lowest BCUT2D eigenvalue weighted by molar-refractivity contribution is 0.150. The van der Waals surface area contributed by atoms with Gasteiger partial charge in [-0.3, -0.25) is 0 Å². The van der Waals surface area contributed by atoms with Gasteiger partial charge in [-0.25, -0.2) is 13.8 Å². The first-order valence-corrected chi connectivity index (χ1v) is 4.45. The van der Waals surface area contributed by atoms with Crippen LogP contribution in [-0.4, -0.2) is 4.98 Å². The quantitative estimate of drug-likeness (QED) is 0.584. The largest absolute Gasteiger partial charge is 0.267 e. The molecule has 0 N–H and O–H groups in total. The molecule has 2 nitrogen and oxygen atoms in total. The number of aromatic nitrogens is 1. The van der Waals surface area contributed by atoms with Gasteiger partial charge in [0.05, 0.1) is 5.56 Å². The van der Waals surface area contributed by atoms with Gasteiger partial charge < -0.3 is 0 Å². The van der Waals surface area contributed by atoms with E-state index in [0.29, 0.717) is 0 Å². The van der Waals surface area contributed by atoms with Crippen LogP contribution in [0.1, 0.15) is 23.2 Å². The minimum Gasteiger partial charge on any atom is -0.225 e. The van der Waals surface area contributed by atoms with Crippen LogP contribution < -0.4 is 0 Å². The second-order valence-corrected chi connectivity index (χ2v) is 3.04. The van der Waals surface area contributed by atoms with Crippen molar-refractivity contribution in [1.29, 1.82) is 5.26 Å². The van der Waals surface area contributed by atoms with Crippen LogP contribution in [-0.2, 0) is 5.88 Å². The minimum absolute atomic E-state index is 0.0185. The van der Waals surface area contributed by atoms with Crippen molar-refractivity contribution < 1.29 is 8.78 Å². The Morgan fingerprint density at radius 3 is 2.64 bits per heavy atom. The first-order chi connectivity index (χ1) is 6.60. The maximum absolute atomic E-state index is 12.4. The summed E-state index contributed by atoms with van der Waals surface area (Å²) in [5, 5.41) is 8.14. The Balaban J connectivity index is 3.36. The van der Waals surface area contributed by atoms with Crippen molar-refractivity contribution in [1.82, 2.24) is 4.98 Å². The van der Waals surface area contributed by atoms with Gasteiger partial charge in [-0.1, -0.05) is 11.6 Å². The number of hydrogen-bond donors (Lipinski definition) is 0. The lowest BCUT2D eigenvalue weighted by Gasteiger charge is -2.07. The van der Waals surface area contributed by atoms with Gasteiger partial charge in [0.15, 0.2) is 0 Å². The summed E-state index contributed by atoms with van der Waals surface area (Å²) in [5.41, 5.74) is -0.283. The number of pyridine rings is 1. The van der Waals surface area contributed by atoms with Gasteiger partial charge in [0.2, 0.25) is 0 Å². The average Bonchev–Trinajstić information content (AvgIpc) is 2.15. The van der Waals surface area contributed by atoms with E-state index in [1.54, 1.807) is 6.07 Å². The highest BCUT2D eigenvalue weighted by atomic mass is 35.5. The van der Waals surface area contributed by atoms with Crippen LogP contribution in [0.5, 0.6) is 0 Å². The van der Waals surface area contributed by atoms with Crippen molar-refractivity contribution in [2.24, 2.45) is 0 Å². The SMILES string of the molecule is N#Cc1cc(CCl)c(C(F)F)c(Cl)n1. The highest BCUT2D eigenvalue weighted by molar-refractivity contribution is 6.30. The molecule has 0 saturated carbocycles. The average molecular weight is 237 g/mol. The van der Waals surface area contributed by atoms with Gasteiger partial charge in [0.25, 0.3) is 6.43 Å². The molecule has 0 aliphatic heterocycles. The van der Waals surface area contributed by atoms with Crippen molar-refractivity contribution in [3.8, 4) is 6.07 Å². The molecule has 0 amide bonds. The number of nitriles is 1. The third-order valence-corrected chi connectivity index (χ3v) is 2.15. The van der Waals surface area contributed by atoms with E-state index in [4.69, 9.17) is 28.5 Å². The molecule has 0 unspecified atom stereocenters. The molecule has 0 saturated heterocycles. The second kappa shape index (κ2) is 4.54. The molecule has 0 fully saturated rings. The zero-order valence-corrected chi connectivity index (χ0v) is 8.28. The molecule has 0 aliphatic carbocycles. The maximum atomic E-state index is 12.4. The van der Waals surface area contributed by atoms with Gasteiger partial charge in [-0.15, -0.1) is 11.6 Å². The van der Waals surface area contributed by atoms with Crippen molar-refractivity contribution >= 4 is 23.2 Å². The lowest BCUT2D eigenvalue weighted by Crippen LogP contribution is -1.98. The standard InChI is InChI=1S/C8H4Cl2F2N2/c9-2-4-1-5(3-13)14-7(10)6(4)8(11)12/h1,8H,2H2. The molecule has 0 aromatic carbocycles. The molecule has 1 aromatic heterocycles. The number of rotatable bonds is 2. The third-order valence-electron chi connectivity index (χ3n) is 1.57. The van der Waals surface area contributed by atoms with Crippen LogP contribution in [0.2, 0.25) is 5.15 Å². The van der Waals surface area contributed by atoms with Crippen molar-refractivity contribution in [2.45, 2.75) is 12.3 Å². The van der Waals surface area contributed by atoms with Gasteiger partial charge in [-0.05, 0) is 11.6 Å². The molecule has 0 atom stereocenters. The Kier molecular flexibility index (Phi) is 3.62. The summed E-state index contributed by atoms with van der Waals surface area (Å²) in [6, 6.07) is 2.92.